The zero-order valence-electron chi connectivity index (χ0n) is 11.9. The highest BCUT2D eigenvalue weighted by atomic mass is 16.3. The molecule has 2 N–H and O–H groups in total. The molecule has 1 aliphatic rings. The fourth-order valence-corrected chi connectivity index (χ4v) is 2.17. The summed E-state index contributed by atoms with van der Waals surface area (Å²) in [6.45, 7) is 8.24. The molecule has 0 saturated heterocycles. The van der Waals surface area contributed by atoms with Crippen molar-refractivity contribution in [3.8, 4) is 5.75 Å². The van der Waals surface area contributed by atoms with E-state index in [4.69, 9.17) is 0 Å². The van der Waals surface area contributed by atoms with E-state index in [0.29, 0.717) is 13.1 Å². The van der Waals surface area contributed by atoms with E-state index < -0.39 is 0 Å². The van der Waals surface area contributed by atoms with Crippen LogP contribution in [0.4, 0.5) is 4.79 Å². The standard InChI is InChI=1S/C15H22N2O2/c1-15(2,3)10-16-14(19)17-7-6-11-4-5-13(18)8-12(11)9-17/h4-5,8,18H,6-7,9-10H2,1-3H3,(H,16,19). The summed E-state index contributed by atoms with van der Waals surface area (Å²) >= 11 is 0. The Morgan fingerprint density at radius 2 is 2.11 bits per heavy atom. The van der Waals surface area contributed by atoms with Crippen LogP contribution >= 0.6 is 0 Å². The van der Waals surface area contributed by atoms with Crippen molar-refractivity contribution in [3.63, 3.8) is 0 Å². The number of urea groups is 1. The van der Waals surface area contributed by atoms with Crippen molar-refractivity contribution in [2.45, 2.75) is 33.7 Å². The normalized spacial score (nSPS) is 15.0. The van der Waals surface area contributed by atoms with Crippen LogP contribution in [0, 0.1) is 5.41 Å². The molecule has 0 aromatic heterocycles. The lowest BCUT2D eigenvalue weighted by atomic mass is 9.97. The van der Waals surface area contributed by atoms with Crippen LogP contribution in [0.15, 0.2) is 18.2 Å². The lowest BCUT2D eigenvalue weighted by molar-refractivity contribution is 0.187. The lowest BCUT2D eigenvalue weighted by Gasteiger charge is -2.30. The van der Waals surface area contributed by atoms with E-state index in [0.717, 1.165) is 18.5 Å². The largest absolute Gasteiger partial charge is 0.508 e. The highest BCUT2D eigenvalue weighted by molar-refractivity contribution is 5.74. The van der Waals surface area contributed by atoms with Crippen molar-refractivity contribution in [3.05, 3.63) is 29.3 Å². The van der Waals surface area contributed by atoms with Gasteiger partial charge in [-0.2, -0.15) is 0 Å². The minimum absolute atomic E-state index is 0.0242. The molecule has 0 spiro atoms. The van der Waals surface area contributed by atoms with Gasteiger partial charge >= 0.3 is 6.03 Å². The van der Waals surface area contributed by atoms with E-state index in [9.17, 15) is 9.90 Å². The zero-order valence-corrected chi connectivity index (χ0v) is 11.9. The SMILES string of the molecule is CC(C)(C)CNC(=O)N1CCc2ccc(O)cc2C1. The maximum Gasteiger partial charge on any atom is 0.317 e. The summed E-state index contributed by atoms with van der Waals surface area (Å²) in [5.41, 5.74) is 2.34. The number of phenolic OH excluding ortho intramolecular Hbond substituents is 1. The van der Waals surface area contributed by atoms with Gasteiger partial charge in [-0.15, -0.1) is 0 Å². The molecule has 104 valence electrons. The van der Waals surface area contributed by atoms with Gasteiger partial charge in [-0.1, -0.05) is 26.8 Å². The predicted octanol–water partition coefficient (Wildman–Crippen LogP) is 2.51. The minimum atomic E-state index is -0.0242. The first kappa shape index (κ1) is 13.7. The van der Waals surface area contributed by atoms with Crippen LogP contribution in [0.1, 0.15) is 31.9 Å². The minimum Gasteiger partial charge on any atom is -0.508 e. The van der Waals surface area contributed by atoms with Gasteiger partial charge in [-0.05, 0) is 35.1 Å². The van der Waals surface area contributed by atoms with E-state index >= 15 is 0 Å². The van der Waals surface area contributed by atoms with E-state index in [1.54, 1.807) is 17.0 Å². The van der Waals surface area contributed by atoms with Crippen LogP contribution in [0.5, 0.6) is 5.75 Å². The molecule has 0 aliphatic carbocycles. The number of benzene rings is 1. The summed E-state index contributed by atoms with van der Waals surface area (Å²) in [4.78, 5) is 13.9. The number of fused-ring (bicyclic) bond motifs is 1. The number of nitrogens with one attached hydrogen (secondary N) is 1. The van der Waals surface area contributed by atoms with Gasteiger partial charge in [-0.25, -0.2) is 4.79 Å². The van der Waals surface area contributed by atoms with Gasteiger partial charge in [0.25, 0.3) is 0 Å². The second-order valence-electron chi connectivity index (χ2n) is 6.34. The van der Waals surface area contributed by atoms with Crippen LogP contribution in [0.3, 0.4) is 0 Å². The topological polar surface area (TPSA) is 52.6 Å². The summed E-state index contributed by atoms with van der Waals surface area (Å²) in [6, 6.07) is 5.37. The quantitative estimate of drug-likeness (QED) is 0.817. The number of rotatable bonds is 1. The zero-order chi connectivity index (χ0) is 14.0. The molecule has 1 aromatic carbocycles. The molecule has 1 aromatic rings. The van der Waals surface area contributed by atoms with Crippen molar-refractivity contribution in [1.29, 1.82) is 0 Å². The molecular weight excluding hydrogens is 240 g/mol. The molecule has 0 unspecified atom stereocenters. The van der Waals surface area contributed by atoms with Crippen molar-refractivity contribution in [2.24, 2.45) is 5.41 Å². The molecule has 19 heavy (non-hydrogen) atoms. The van der Waals surface area contributed by atoms with Crippen LogP contribution < -0.4 is 5.32 Å². The third-order valence-electron chi connectivity index (χ3n) is 3.26. The highest BCUT2D eigenvalue weighted by Crippen LogP contribution is 2.23. The summed E-state index contributed by atoms with van der Waals surface area (Å²) in [7, 11) is 0. The Labute approximate surface area is 114 Å². The summed E-state index contributed by atoms with van der Waals surface area (Å²) in [5.74, 6) is 0.260. The third-order valence-corrected chi connectivity index (χ3v) is 3.26. The second kappa shape index (κ2) is 5.11. The number of carbonyl (C=O) groups excluding carboxylic acids is 1. The van der Waals surface area contributed by atoms with Crippen molar-refractivity contribution in [2.75, 3.05) is 13.1 Å². The Balaban J connectivity index is 1.99. The smallest absolute Gasteiger partial charge is 0.317 e. The number of hydrogen-bond donors (Lipinski definition) is 2. The molecular formula is C15H22N2O2. The Morgan fingerprint density at radius 3 is 2.79 bits per heavy atom. The maximum absolute atomic E-state index is 12.1. The highest BCUT2D eigenvalue weighted by Gasteiger charge is 2.22. The first-order valence-corrected chi connectivity index (χ1v) is 6.69. The molecule has 4 nitrogen and oxygen atoms in total. The summed E-state index contributed by atoms with van der Waals surface area (Å²) < 4.78 is 0. The van der Waals surface area contributed by atoms with Crippen LogP contribution in [-0.4, -0.2) is 29.1 Å². The molecule has 0 fully saturated rings. The molecule has 4 heteroatoms. The van der Waals surface area contributed by atoms with Gasteiger partial charge in [-0.3, -0.25) is 0 Å². The van der Waals surface area contributed by atoms with Gasteiger partial charge in [0, 0.05) is 19.6 Å². The van der Waals surface area contributed by atoms with Crippen LogP contribution in [-0.2, 0) is 13.0 Å². The first-order valence-electron chi connectivity index (χ1n) is 6.69. The summed E-state index contributed by atoms with van der Waals surface area (Å²) in [6.07, 6.45) is 0.846. The van der Waals surface area contributed by atoms with Gasteiger partial charge in [0.15, 0.2) is 0 Å². The second-order valence-corrected chi connectivity index (χ2v) is 6.34. The average Bonchev–Trinajstić information content (AvgIpc) is 2.34. The van der Waals surface area contributed by atoms with Crippen molar-refractivity contribution >= 4 is 6.03 Å². The molecule has 2 amide bonds. The number of aromatic hydroxyl groups is 1. The molecule has 0 saturated carbocycles. The fraction of sp³-hybridized carbons (Fsp3) is 0.533. The summed E-state index contributed by atoms with van der Waals surface area (Å²) in [5, 5.41) is 12.5. The molecule has 1 aliphatic heterocycles. The Bertz CT molecular complexity index is 478. The molecule has 1 heterocycles. The third kappa shape index (κ3) is 3.63. The average molecular weight is 262 g/mol. The molecule has 0 atom stereocenters. The monoisotopic (exact) mass is 262 g/mol. The van der Waals surface area contributed by atoms with Gasteiger partial charge < -0.3 is 15.3 Å². The maximum atomic E-state index is 12.1. The molecule has 0 bridgehead atoms. The Kier molecular flexibility index (Phi) is 3.69. The van der Waals surface area contributed by atoms with Crippen LogP contribution in [0.25, 0.3) is 0 Å². The number of carbonyl (C=O) groups is 1. The van der Waals surface area contributed by atoms with Gasteiger partial charge in [0.05, 0.1) is 0 Å². The number of hydrogen-bond acceptors (Lipinski definition) is 2. The Hall–Kier alpha value is -1.71. The molecule has 2 rings (SSSR count). The van der Waals surface area contributed by atoms with E-state index in [-0.39, 0.29) is 17.2 Å². The van der Waals surface area contributed by atoms with E-state index in [1.807, 2.05) is 6.07 Å². The first-order chi connectivity index (χ1) is 8.85. The predicted molar refractivity (Wildman–Crippen MR) is 75.1 cm³/mol. The van der Waals surface area contributed by atoms with Gasteiger partial charge in [0.2, 0.25) is 0 Å². The van der Waals surface area contributed by atoms with Crippen LogP contribution in [0.2, 0.25) is 0 Å². The number of phenols is 1. The van der Waals surface area contributed by atoms with Crippen molar-refractivity contribution in [1.82, 2.24) is 10.2 Å². The lowest BCUT2D eigenvalue weighted by Crippen LogP contribution is -2.45. The van der Waals surface area contributed by atoms with Crippen molar-refractivity contribution < 1.29 is 9.90 Å². The van der Waals surface area contributed by atoms with E-state index in [1.165, 1.54) is 5.56 Å². The Morgan fingerprint density at radius 1 is 1.37 bits per heavy atom. The fourth-order valence-electron chi connectivity index (χ4n) is 2.17. The van der Waals surface area contributed by atoms with E-state index in [2.05, 4.69) is 26.1 Å². The molecule has 0 radical (unpaired) electrons. The number of nitrogens with zero attached hydrogens (tertiary/aromatic N) is 1. The number of amides is 2. The van der Waals surface area contributed by atoms with Gasteiger partial charge in [0.1, 0.15) is 5.75 Å².